The molecule has 3 N–H and O–H groups in total. The van der Waals surface area contributed by atoms with Crippen molar-refractivity contribution in [2.24, 2.45) is 11.8 Å². The van der Waals surface area contributed by atoms with Crippen LogP contribution in [0.5, 0.6) is 0 Å². The second-order valence-electron chi connectivity index (χ2n) is 6.11. The Morgan fingerprint density at radius 3 is 2.48 bits per heavy atom. The number of aromatic nitrogens is 1. The Balaban J connectivity index is 2.17. The molecule has 1 aromatic rings. The van der Waals surface area contributed by atoms with Crippen molar-refractivity contribution < 1.29 is 14.7 Å². The molecular weight excluding hydrogens is 268 g/mol. The summed E-state index contributed by atoms with van der Waals surface area (Å²) in [6.07, 6.45) is 3.28. The normalized spacial score (nSPS) is 25.0. The van der Waals surface area contributed by atoms with E-state index >= 15 is 0 Å². The number of carboxylic acids is 1. The first kappa shape index (κ1) is 15.6. The second kappa shape index (κ2) is 5.92. The van der Waals surface area contributed by atoms with E-state index in [-0.39, 0.29) is 17.6 Å². The lowest BCUT2D eigenvalue weighted by atomic mass is 9.93. The van der Waals surface area contributed by atoms with Gasteiger partial charge in [-0.1, -0.05) is 20.3 Å². The topological polar surface area (TPSA) is 82.2 Å². The number of nitrogens with one attached hydrogen (secondary N) is 2. The lowest BCUT2D eigenvalue weighted by molar-refractivity contribution is 0.0690. The lowest BCUT2D eigenvalue weighted by Crippen LogP contribution is -2.38. The Bertz CT molecular complexity index is 562. The first-order chi connectivity index (χ1) is 9.86. The van der Waals surface area contributed by atoms with Crippen molar-refractivity contribution in [2.45, 2.75) is 53.0 Å². The van der Waals surface area contributed by atoms with Crippen molar-refractivity contribution in [1.29, 1.82) is 0 Å². The molecule has 1 fully saturated rings. The van der Waals surface area contributed by atoms with Gasteiger partial charge in [0.05, 0.1) is 5.56 Å². The van der Waals surface area contributed by atoms with Crippen LogP contribution >= 0.6 is 0 Å². The number of aromatic carboxylic acids is 1. The number of carbonyl (C=O) groups excluding carboxylic acids is 1. The van der Waals surface area contributed by atoms with E-state index in [0.29, 0.717) is 28.7 Å². The zero-order chi connectivity index (χ0) is 15.7. The molecule has 5 heteroatoms. The van der Waals surface area contributed by atoms with Crippen LogP contribution in [0.25, 0.3) is 0 Å². The highest BCUT2D eigenvalue weighted by molar-refractivity contribution is 6.00. The number of amides is 1. The third kappa shape index (κ3) is 2.82. The fourth-order valence-electron chi connectivity index (χ4n) is 3.57. The number of H-pyrrole nitrogens is 1. The molecule has 21 heavy (non-hydrogen) atoms. The second-order valence-corrected chi connectivity index (χ2v) is 6.11. The summed E-state index contributed by atoms with van der Waals surface area (Å²) in [5, 5.41) is 12.2. The zero-order valence-electron chi connectivity index (χ0n) is 13.1. The van der Waals surface area contributed by atoms with Crippen LogP contribution in [0, 0.1) is 25.7 Å². The monoisotopic (exact) mass is 292 g/mol. The van der Waals surface area contributed by atoms with E-state index in [1.54, 1.807) is 13.8 Å². The minimum absolute atomic E-state index is 0.101. The fraction of sp³-hybridized carbons (Fsp3) is 0.625. The first-order valence-electron chi connectivity index (χ1n) is 7.60. The minimum Gasteiger partial charge on any atom is -0.477 e. The number of rotatable bonds is 4. The van der Waals surface area contributed by atoms with Crippen LogP contribution in [0.1, 0.15) is 65.2 Å². The van der Waals surface area contributed by atoms with Crippen LogP contribution in [0.3, 0.4) is 0 Å². The third-order valence-electron chi connectivity index (χ3n) is 4.95. The van der Waals surface area contributed by atoms with Crippen molar-refractivity contribution in [3.05, 3.63) is 22.5 Å². The Labute approximate surface area is 125 Å². The summed E-state index contributed by atoms with van der Waals surface area (Å²) in [5.41, 5.74) is 1.69. The Hall–Kier alpha value is -1.78. The molecule has 0 bridgehead atoms. The maximum atomic E-state index is 12.5. The van der Waals surface area contributed by atoms with Gasteiger partial charge in [-0.25, -0.2) is 4.79 Å². The molecule has 0 aliphatic heterocycles. The third-order valence-corrected chi connectivity index (χ3v) is 4.95. The molecule has 3 atom stereocenters. The highest BCUT2D eigenvalue weighted by Gasteiger charge is 2.33. The average Bonchev–Trinajstić information content (AvgIpc) is 2.91. The van der Waals surface area contributed by atoms with Crippen molar-refractivity contribution in [2.75, 3.05) is 0 Å². The minimum atomic E-state index is -1.03. The Morgan fingerprint density at radius 2 is 2.00 bits per heavy atom. The van der Waals surface area contributed by atoms with Gasteiger partial charge in [0.1, 0.15) is 5.69 Å². The highest BCUT2D eigenvalue weighted by atomic mass is 16.4. The van der Waals surface area contributed by atoms with Crippen LogP contribution in [-0.2, 0) is 0 Å². The van der Waals surface area contributed by atoms with E-state index in [1.807, 2.05) is 0 Å². The van der Waals surface area contributed by atoms with Gasteiger partial charge in [0.2, 0.25) is 0 Å². The average molecular weight is 292 g/mol. The molecule has 0 spiro atoms. The Morgan fingerprint density at radius 1 is 1.33 bits per heavy atom. The molecule has 5 nitrogen and oxygen atoms in total. The van der Waals surface area contributed by atoms with Crippen molar-refractivity contribution in [3.8, 4) is 0 Å². The standard InChI is InChI=1S/C16H24N2O3/c1-5-11-6-7-12(8(11)2)18-15(19)13-9(3)14(16(20)21)17-10(13)4/h8,11-12,17H,5-7H2,1-4H3,(H,18,19)(H,20,21). The molecule has 0 saturated heterocycles. The van der Waals surface area contributed by atoms with Crippen molar-refractivity contribution in [3.63, 3.8) is 0 Å². The molecule has 1 aliphatic rings. The summed E-state index contributed by atoms with van der Waals surface area (Å²) < 4.78 is 0. The van der Waals surface area contributed by atoms with Gasteiger partial charge in [0, 0.05) is 11.7 Å². The summed E-state index contributed by atoms with van der Waals surface area (Å²) in [4.78, 5) is 26.4. The van der Waals surface area contributed by atoms with E-state index in [9.17, 15) is 9.59 Å². The van der Waals surface area contributed by atoms with Gasteiger partial charge in [0.25, 0.3) is 5.91 Å². The molecule has 1 aliphatic carbocycles. The number of carboxylic acid groups (broad SMARTS) is 1. The van der Waals surface area contributed by atoms with Gasteiger partial charge < -0.3 is 15.4 Å². The molecule has 3 unspecified atom stereocenters. The van der Waals surface area contributed by atoms with Gasteiger partial charge in [-0.2, -0.15) is 0 Å². The largest absolute Gasteiger partial charge is 0.477 e. The van der Waals surface area contributed by atoms with Crippen LogP contribution in [0.2, 0.25) is 0 Å². The van der Waals surface area contributed by atoms with Crippen LogP contribution < -0.4 is 5.32 Å². The lowest BCUT2D eigenvalue weighted by Gasteiger charge is -2.21. The summed E-state index contributed by atoms with van der Waals surface area (Å²) in [5.74, 6) is -0.0620. The highest BCUT2D eigenvalue weighted by Crippen LogP contribution is 2.34. The van der Waals surface area contributed by atoms with Crippen LogP contribution in [0.4, 0.5) is 0 Å². The van der Waals surface area contributed by atoms with Gasteiger partial charge in [-0.15, -0.1) is 0 Å². The molecule has 1 aromatic heterocycles. The summed E-state index contributed by atoms with van der Waals surface area (Å²) in [6.45, 7) is 7.78. The predicted octanol–water partition coefficient (Wildman–Crippen LogP) is 2.88. The fourth-order valence-corrected chi connectivity index (χ4v) is 3.57. The zero-order valence-corrected chi connectivity index (χ0v) is 13.1. The van der Waals surface area contributed by atoms with E-state index in [0.717, 1.165) is 19.3 Å². The Kier molecular flexibility index (Phi) is 4.40. The summed E-state index contributed by atoms with van der Waals surface area (Å²) >= 11 is 0. The SMILES string of the molecule is CCC1CCC(NC(=O)c2c(C)[nH]c(C(=O)O)c2C)C1C. The number of hydrogen-bond donors (Lipinski definition) is 3. The van der Waals surface area contributed by atoms with Crippen LogP contribution in [0.15, 0.2) is 0 Å². The number of hydrogen-bond acceptors (Lipinski definition) is 2. The van der Waals surface area contributed by atoms with Crippen molar-refractivity contribution in [1.82, 2.24) is 10.3 Å². The van der Waals surface area contributed by atoms with Gasteiger partial charge in [-0.3, -0.25) is 4.79 Å². The summed E-state index contributed by atoms with van der Waals surface area (Å²) in [7, 11) is 0. The van der Waals surface area contributed by atoms with Gasteiger partial charge >= 0.3 is 5.97 Å². The van der Waals surface area contributed by atoms with E-state index < -0.39 is 5.97 Å². The van der Waals surface area contributed by atoms with Crippen LogP contribution in [-0.4, -0.2) is 28.0 Å². The summed E-state index contributed by atoms with van der Waals surface area (Å²) in [6, 6.07) is 0.185. The molecule has 1 amide bonds. The first-order valence-corrected chi connectivity index (χ1v) is 7.60. The maximum absolute atomic E-state index is 12.5. The molecule has 0 radical (unpaired) electrons. The molecule has 116 valence electrons. The molecule has 1 heterocycles. The predicted molar refractivity (Wildman–Crippen MR) is 80.7 cm³/mol. The number of aromatic amines is 1. The van der Waals surface area contributed by atoms with Gasteiger partial charge in [0.15, 0.2) is 0 Å². The molecule has 2 rings (SSSR count). The van der Waals surface area contributed by atoms with Crippen molar-refractivity contribution >= 4 is 11.9 Å². The molecule has 1 saturated carbocycles. The smallest absolute Gasteiger partial charge is 0.352 e. The number of aryl methyl sites for hydroxylation is 1. The van der Waals surface area contributed by atoms with E-state index in [1.165, 1.54) is 0 Å². The maximum Gasteiger partial charge on any atom is 0.352 e. The van der Waals surface area contributed by atoms with E-state index in [4.69, 9.17) is 5.11 Å². The quantitative estimate of drug-likeness (QED) is 0.798. The van der Waals surface area contributed by atoms with Gasteiger partial charge in [-0.05, 0) is 44.1 Å². The molecule has 0 aromatic carbocycles. The van der Waals surface area contributed by atoms with E-state index in [2.05, 4.69) is 24.1 Å². The number of carbonyl (C=O) groups is 2. The molecular formula is C16H24N2O3.